The summed E-state index contributed by atoms with van der Waals surface area (Å²) >= 11 is 6.37. The standard InChI is InChI=1S/C20H23ClN4O2.ClH/c1-13-14(8-9-17(23-13)20(27)24(2)3)19(26)25-11-10-22-12-18(25)15-6-4-5-7-16(15)21;/h4-9,18,22H,10-12H2,1-3H3;1H. The molecule has 2 aromatic rings. The third-order valence-electron chi connectivity index (χ3n) is 4.71. The Morgan fingerprint density at radius 1 is 1.21 bits per heavy atom. The smallest absolute Gasteiger partial charge is 0.271 e. The highest BCUT2D eigenvalue weighted by Gasteiger charge is 2.31. The van der Waals surface area contributed by atoms with E-state index in [-0.39, 0.29) is 30.3 Å². The molecule has 6 nitrogen and oxygen atoms in total. The molecule has 8 heteroatoms. The number of benzene rings is 1. The molecule has 1 N–H and O–H groups in total. The molecule has 1 saturated heterocycles. The van der Waals surface area contributed by atoms with Crippen molar-refractivity contribution in [2.24, 2.45) is 0 Å². The SMILES string of the molecule is Cc1nc(C(=O)N(C)C)ccc1C(=O)N1CCNCC1c1ccccc1Cl.Cl. The van der Waals surface area contributed by atoms with Crippen molar-refractivity contribution in [1.82, 2.24) is 20.1 Å². The molecule has 150 valence electrons. The minimum atomic E-state index is -0.187. The molecule has 2 heterocycles. The zero-order valence-electron chi connectivity index (χ0n) is 16.1. The first kappa shape index (κ1) is 22.1. The Morgan fingerprint density at radius 3 is 2.57 bits per heavy atom. The summed E-state index contributed by atoms with van der Waals surface area (Å²) in [6.07, 6.45) is 0. The summed E-state index contributed by atoms with van der Waals surface area (Å²) in [5, 5.41) is 3.97. The van der Waals surface area contributed by atoms with Crippen molar-refractivity contribution in [3.63, 3.8) is 0 Å². The van der Waals surface area contributed by atoms with Crippen molar-refractivity contribution in [3.8, 4) is 0 Å². The van der Waals surface area contributed by atoms with E-state index in [1.165, 1.54) is 4.90 Å². The van der Waals surface area contributed by atoms with Crippen molar-refractivity contribution in [2.45, 2.75) is 13.0 Å². The van der Waals surface area contributed by atoms with Crippen LogP contribution < -0.4 is 5.32 Å². The highest BCUT2D eigenvalue weighted by Crippen LogP contribution is 2.30. The van der Waals surface area contributed by atoms with E-state index in [1.54, 1.807) is 33.2 Å². The van der Waals surface area contributed by atoms with Gasteiger partial charge in [0.25, 0.3) is 11.8 Å². The number of aromatic nitrogens is 1. The third-order valence-corrected chi connectivity index (χ3v) is 5.05. The molecular formula is C20H24Cl2N4O2. The van der Waals surface area contributed by atoms with Gasteiger partial charge in [-0.1, -0.05) is 29.8 Å². The van der Waals surface area contributed by atoms with Gasteiger partial charge in [-0.05, 0) is 30.7 Å². The number of nitrogens with one attached hydrogen (secondary N) is 1. The number of pyridine rings is 1. The van der Waals surface area contributed by atoms with Gasteiger partial charge in [-0.15, -0.1) is 12.4 Å². The molecule has 1 atom stereocenters. The number of halogens is 2. The average Bonchev–Trinajstić information content (AvgIpc) is 2.67. The Hall–Kier alpha value is -2.15. The van der Waals surface area contributed by atoms with E-state index in [1.807, 2.05) is 29.2 Å². The fraction of sp³-hybridized carbons (Fsp3) is 0.350. The molecule has 2 amide bonds. The van der Waals surface area contributed by atoms with Crippen LogP contribution in [0.15, 0.2) is 36.4 Å². The molecule has 0 bridgehead atoms. The minimum Gasteiger partial charge on any atom is -0.343 e. The van der Waals surface area contributed by atoms with Gasteiger partial charge in [0.1, 0.15) is 5.69 Å². The number of piperazine rings is 1. The molecule has 0 radical (unpaired) electrons. The maximum atomic E-state index is 13.3. The lowest BCUT2D eigenvalue weighted by Gasteiger charge is -2.37. The molecule has 1 unspecified atom stereocenters. The van der Waals surface area contributed by atoms with E-state index in [0.29, 0.717) is 35.1 Å². The van der Waals surface area contributed by atoms with Crippen LogP contribution in [0.4, 0.5) is 0 Å². The molecule has 0 spiro atoms. The van der Waals surface area contributed by atoms with Crippen molar-refractivity contribution >= 4 is 35.8 Å². The maximum Gasteiger partial charge on any atom is 0.271 e. The normalized spacial score (nSPS) is 16.3. The van der Waals surface area contributed by atoms with Crippen LogP contribution in [0.2, 0.25) is 5.02 Å². The number of carbonyl (C=O) groups excluding carboxylic acids is 2. The van der Waals surface area contributed by atoms with Crippen LogP contribution in [-0.2, 0) is 0 Å². The second-order valence-electron chi connectivity index (χ2n) is 6.77. The van der Waals surface area contributed by atoms with Crippen molar-refractivity contribution in [2.75, 3.05) is 33.7 Å². The summed E-state index contributed by atoms with van der Waals surface area (Å²) in [5.74, 6) is -0.288. The molecular weight excluding hydrogens is 399 g/mol. The van der Waals surface area contributed by atoms with Crippen LogP contribution in [0.1, 0.15) is 38.1 Å². The van der Waals surface area contributed by atoms with Gasteiger partial charge in [0.15, 0.2) is 0 Å². The Kier molecular flexibility index (Phi) is 7.41. The molecule has 1 aliphatic rings. The maximum absolute atomic E-state index is 13.3. The van der Waals surface area contributed by atoms with Crippen LogP contribution in [0, 0.1) is 6.92 Å². The Balaban J connectivity index is 0.00000280. The highest BCUT2D eigenvalue weighted by molar-refractivity contribution is 6.31. The van der Waals surface area contributed by atoms with E-state index < -0.39 is 0 Å². The first-order chi connectivity index (χ1) is 12.9. The van der Waals surface area contributed by atoms with Crippen LogP contribution >= 0.6 is 24.0 Å². The predicted octanol–water partition coefficient (Wildman–Crippen LogP) is 2.95. The van der Waals surface area contributed by atoms with Crippen molar-refractivity contribution < 1.29 is 9.59 Å². The zero-order chi connectivity index (χ0) is 19.6. The van der Waals surface area contributed by atoms with Crippen LogP contribution in [-0.4, -0.2) is 60.3 Å². The second kappa shape index (κ2) is 9.37. The van der Waals surface area contributed by atoms with Crippen molar-refractivity contribution in [3.05, 3.63) is 63.9 Å². The van der Waals surface area contributed by atoms with E-state index in [4.69, 9.17) is 11.6 Å². The highest BCUT2D eigenvalue weighted by atomic mass is 35.5. The van der Waals surface area contributed by atoms with Gasteiger partial charge < -0.3 is 15.1 Å². The van der Waals surface area contributed by atoms with E-state index in [0.717, 1.165) is 12.1 Å². The summed E-state index contributed by atoms with van der Waals surface area (Å²) in [4.78, 5) is 33.0. The number of nitrogens with zero attached hydrogens (tertiary/aromatic N) is 3. The zero-order valence-corrected chi connectivity index (χ0v) is 17.7. The molecule has 0 aliphatic carbocycles. The Morgan fingerprint density at radius 2 is 1.93 bits per heavy atom. The lowest BCUT2D eigenvalue weighted by atomic mass is 10.0. The molecule has 3 rings (SSSR count). The number of hydrogen-bond donors (Lipinski definition) is 1. The van der Waals surface area contributed by atoms with Crippen LogP contribution in [0.25, 0.3) is 0 Å². The molecule has 1 aromatic carbocycles. The molecule has 1 aliphatic heterocycles. The van der Waals surface area contributed by atoms with Crippen molar-refractivity contribution in [1.29, 1.82) is 0 Å². The van der Waals surface area contributed by atoms with Crippen LogP contribution in [0.5, 0.6) is 0 Å². The fourth-order valence-electron chi connectivity index (χ4n) is 3.26. The number of carbonyl (C=O) groups is 2. The predicted molar refractivity (Wildman–Crippen MR) is 112 cm³/mol. The summed E-state index contributed by atoms with van der Waals surface area (Å²) < 4.78 is 0. The number of rotatable bonds is 3. The first-order valence-electron chi connectivity index (χ1n) is 8.85. The van der Waals surface area contributed by atoms with Gasteiger partial charge >= 0.3 is 0 Å². The van der Waals surface area contributed by atoms with E-state index in [2.05, 4.69) is 10.3 Å². The quantitative estimate of drug-likeness (QED) is 0.825. The number of hydrogen-bond acceptors (Lipinski definition) is 4. The van der Waals surface area contributed by atoms with Gasteiger partial charge in [0, 0.05) is 38.8 Å². The van der Waals surface area contributed by atoms with Gasteiger partial charge in [0.2, 0.25) is 0 Å². The summed E-state index contributed by atoms with van der Waals surface area (Å²) in [6, 6.07) is 10.7. The molecule has 1 fully saturated rings. The summed E-state index contributed by atoms with van der Waals surface area (Å²) in [5.41, 5.74) is 2.30. The van der Waals surface area contributed by atoms with Gasteiger partial charge in [-0.2, -0.15) is 0 Å². The average molecular weight is 423 g/mol. The van der Waals surface area contributed by atoms with E-state index in [9.17, 15) is 9.59 Å². The summed E-state index contributed by atoms with van der Waals surface area (Å²) in [6.45, 7) is 3.69. The lowest BCUT2D eigenvalue weighted by Crippen LogP contribution is -2.49. The monoisotopic (exact) mass is 422 g/mol. The first-order valence-corrected chi connectivity index (χ1v) is 9.23. The molecule has 28 heavy (non-hydrogen) atoms. The van der Waals surface area contributed by atoms with Gasteiger partial charge in [-0.25, -0.2) is 4.98 Å². The number of aryl methyl sites for hydroxylation is 1. The fourth-order valence-corrected chi connectivity index (χ4v) is 3.52. The third kappa shape index (κ3) is 4.46. The van der Waals surface area contributed by atoms with Crippen LogP contribution in [0.3, 0.4) is 0 Å². The lowest BCUT2D eigenvalue weighted by molar-refractivity contribution is 0.0632. The second-order valence-corrected chi connectivity index (χ2v) is 7.18. The van der Waals surface area contributed by atoms with Gasteiger partial charge in [0.05, 0.1) is 17.3 Å². The minimum absolute atomic E-state index is 0. The topological polar surface area (TPSA) is 65.5 Å². The molecule has 0 saturated carbocycles. The number of amides is 2. The summed E-state index contributed by atoms with van der Waals surface area (Å²) in [7, 11) is 3.35. The Bertz CT molecular complexity index is 873. The Labute approximate surface area is 176 Å². The molecule has 1 aromatic heterocycles. The van der Waals surface area contributed by atoms with Gasteiger partial charge in [-0.3, -0.25) is 9.59 Å². The van der Waals surface area contributed by atoms with E-state index >= 15 is 0 Å². The largest absolute Gasteiger partial charge is 0.343 e.